The zero-order valence-corrected chi connectivity index (χ0v) is 8.83. The van der Waals surface area contributed by atoms with Crippen LogP contribution in [0.5, 0.6) is 0 Å². The molecule has 1 saturated heterocycles. The molecule has 0 aromatic rings. The molecule has 2 rings (SSSR count). The van der Waals surface area contributed by atoms with Gasteiger partial charge in [0.15, 0.2) is 12.1 Å². The summed E-state index contributed by atoms with van der Waals surface area (Å²) in [6.45, 7) is 2.37. The molecule has 1 unspecified atom stereocenters. The molecule has 0 saturated carbocycles. The van der Waals surface area contributed by atoms with Crippen molar-refractivity contribution in [3.63, 3.8) is 0 Å². The van der Waals surface area contributed by atoms with Crippen molar-refractivity contribution >= 4 is 5.78 Å². The smallest absolute Gasteiger partial charge is 0.185 e. The highest BCUT2D eigenvalue weighted by Gasteiger charge is 2.18. The van der Waals surface area contributed by atoms with Gasteiger partial charge in [0.2, 0.25) is 0 Å². The van der Waals surface area contributed by atoms with Crippen molar-refractivity contribution in [1.29, 1.82) is 0 Å². The van der Waals surface area contributed by atoms with Gasteiger partial charge in [-0.1, -0.05) is 6.08 Å². The minimum absolute atomic E-state index is 0.0779. The Morgan fingerprint density at radius 1 is 1.60 bits per heavy atom. The number of hydrogen-bond acceptors (Lipinski definition) is 4. The average Bonchev–Trinajstić information content (AvgIpc) is 2.81. The Morgan fingerprint density at radius 3 is 3.20 bits per heavy atom. The van der Waals surface area contributed by atoms with Crippen molar-refractivity contribution in [2.45, 2.75) is 25.6 Å². The lowest BCUT2D eigenvalue weighted by Crippen LogP contribution is -2.26. The van der Waals surface area contributed by atoms with Gasteiger partial charge in [-0.2, -0.15) is 0 Å². The first kappa shape index (κ1) is 10.8. The number of ketones is 1. The molecule has 1 fully saturated rings. The van der Waals surface area contributed by atoms with E-state index in [-0.39, 0.29) is 18.7 Å². The molecule has 1 atom stereocenters. The summed E-state index contributed by atoms with van der Waals surface area (Å²) in [7, 11) is 0. The van der Waals surface area contributed by atoms with Crippen LogP contribution < -0.4 is 5.32 Å². The number of Topliss-reactive ketones (excluding diaryl/α,β-unsaturated/α-hetero) is 1. The van der Waals surface area contributed by atoms with Gasteiger partial charge in [0.25, 0.3) is 0 Å². The minimum atomic E-state index is -0.169. The molecule has 2 aliphatic rings. The molecule has 15 heavy (non-hydrogen) atoms. The van der Waals surface area contributed by atoms with E-state index in [0.29, 0.717) is 6.54 Å². The van der Waals surface area contributed by atoms with E-state index >= 15 is 0 Å². The predicted octanol–water partition coefficient (Wildman–Crippen LogP) is 0.628. The average molecular weight is 211 g/mol. The standard InChI is InChI=1S/C11H17NO3/c13-10(9-4-5-12-7-9)8-15-11-3-1-2-6-14-11/h4,11-12H,1-3,5-8H2. The van der Waals surface area contributed by atoms with Gasteiger partial charge in [-0.05, 0) is 19.3 Å². The van der Waals surface area contributed by atoms with E-state index in [4.69, 9.17) is 9.47 Å². The van der Waals surface area contributed by atoms with Gasteiger partial charge >= 0.3 is 0 Å². The third kappa shape index (κ3) is 3.12. The number of carbonyl (C=O) groups excluding carboxylic acids is 1. The normalized spacial score (nSPS) is 26.4. The van der Waals surface area contributed by atoms with Crippen LogP contribution in [-0.2, 0) is 14.3 Å². The van der Waals surface area contributed by atoms with E-state index in [1.807, 2.05) is 6.08 Å². The molecule has 0 aliphatic carbocycles. The molecule has 0 radical (unpaired) electrons. The molecule has 4 nitrogen and oxygen atoms in total. The molecule has 4 heteroatoms. The third-order valence-corrected chi connectivity index (χ3v) is 2.70. The zero-order valence-electron chi connectivity index (χ0n) is 8.83. The van der Waals surface area contributed by atoms with Crippen LogP contribution in [-0.4, -0.2) is 38.4 Å². The minimum Gasteiger partial charge on any atom is -0.353 e. The fourth-order valence-corrected chi connectivity index (χ4v) is 1.79. The molecule has 2 aliphatic heterocycles. The second-order valence-corrected chi connectivity index (χ2v) is 3.89. The number of nitrogens with one attached hydrogen (secondary N) is 1. The van der Waals surface area contributed by atoms with E-state index in [9.17, 15) is 4.79 Å². The van der Waals surface area contributed by atoms with Gasteiger partial charge in [-0.3, -0.25) is 4.79 Å². The summed E-state index contributed by atoms with van der Waals surface area (Å²) < 4.78 is 10.8. The topological polar surface area (TPSA) is 47.6 Å². The molecule has 84 valence electrons. The van der Waals surface area contributed by atoms with Crippen molar-refractivity contribution in [3.8, 4) is 0 Å². The number of hydrogen-bond donors (Lipinski definition) is 1. The van der Waals surface area contributed by atoms with Gasteiger partial charge < -0.3 is 14.8 Å². The largest absolute Gasteiger partial charge is 0.353 e. The monoisotopic (exact) mass is 211 g/mol. The third-order valence-electron chi connectivity index (χ3n) is 2.70. The lowest BCUT2D eigenvalue weighted by atomic mass is 10.2. The SMILES string of the molecule is O=C(COC1CCCCO1)C1=CCNC1. The van der Waals surface area contributed by atoms with Crippen molar-refractivity contribution in [1.82, 2.24) is 5.32 Å². The van der Waals surface area contributed by atoms with Gasteiger partial charge in [-0.25, -0.2) is 0 Å². The highest BCUT2D eigenvalue weighted by atomic mass is 16.7. The maximum Gasteiger partial charge on any atom is 0.185 e. The summed E-state index contributed by atoms with van der Waals surface area (Å²) in [6, 6.07) is 0. The second kappa shape index (κ2) is 5.39. The van der Waals surface area contributed by atoms with Crippen molar-refractivity contribution < 1.29 is 14.3 Å². The maximum absolute atomic E-state index is 11.6. The van der Waals surface area contributed by atoms with Gasteiger partial charge in [0.05, 0.1) is 0 Å². The number of ether oxygens (including phenoxy) is 2. The van der Waals surface area contributed by atoms with Crippen molar-refractivity contribution in [3.05, 3.63) is 11.6 Å². The Kier molecular flexibility index (Phi) is 3.88. The second-order valence-electron chi connectivity index (χ2n) is 3.89. The van der Waals surface area contributed by atoms with E-state index in [0.717, 1.165) is 38.0 Å². The first-order valence-corrected chi connectivity index (χ1v) is 5.52. The van der Waals surface area contributed by atoms with Crippen LogP contribution in [0.1, 0.15) is 19.3 Å². The van der Waals surface area contributed by atoms with Crippen molar-refractivity contribution in [2.75, 3.05) is 26.3 Å². The summed E-state index contributed by atoms with van der Waals surface area (Å²) in [6.07, 6.45) is 4.89. The van der Waals surface area contributed by atoms with Crippen LogP contribution in [0.4, 0.5) is 0 Å². The fraction of sp³-hybridized carbons (Fsp3) is 0.727. The Morgan fingerprint density at radius 2 is 2.53 bits per heavy atom. The predicted molar refractivity (Wildman–Crippen MR) is 55.5 cm³/mol. The van der Waals surface area contributed by atoms with Gasteiger partial charge in [-0.15, -0.1) is 0 Å². The molecular weight excluding hydrogens is 194 g/mol. The van der Waals surface area contributed by atoms with Gasteiger partial charge in [0, 0.05) is 25.3 Å². The summed E-state index contributed by atoms with van der Waals surface area (Å²) in [5, 5.41) is 3.09. The first-order valence-electron chi connectivity index (χ1n) is 5.52. The Balaban J connectivity index is 1.70. The molecule has 0 spiro atoms. The van der Waals surface area contributed by atoms with E-state index in [1.54, 1.807) is 0 Å². The van der Waals surface area contributed by atoms with E-state index in [2.05, 4.69) is 5.32 Å². The van der Waals surface area contributed by atoms with Crippen molar-refractivity contribution in [2.24, 2.45) is 0 Å². The highest BCUT2D eigenvalue weighted by molar-refractivity contribution is 5.97. The van der Waals surface area contributed by atoms with Crippen LogP contribution in [0.15, 0.2) is 11.6 Å². The molecule has 0 aromatic heterocycles. The summed E-state index contributed by atoms with van der Waals surface area (Å²) >= 11 is 0. The van der Waals surface area contributed by atoms with Crippen LogP contribution >= 0.6 is 0 Å². The molecule has 1 N–H and O–H groups in total. The highest BCUT2D eigenvalue weighted by Crippen LogP contribution is 2.14. The summed E-state index contributed by atoms with van der Waals surface area (Å²) in [4.78, 5) is 11.6. The number of carbonyl (C=O) groups is 1. The quantitative estimate of drug-likeness (QED) is 0.741. The lowest BCUT2D eigenvalue weighted by Gasteiger charge is -2.22. The summed E-state index contributed by atoms with van der Waals surface area (Å²) in [5.74, 6) is 0.0779. The Hall–Kier alpha value is -0.710. The molecule has 0 aromatic carbocycles. The van der Waals surface area contributed by atoms with E-state index < -0.39 is 0 Å². The number of rotatable bonds is 4. The summed E-state index contributed by atoms with van der Waals surface area (Å²) in [5.41, 5.74) is 0.839. The van der Waals surface area contributed by atoms with Crippen LogP contribution in [0.3, 0.4) is 0 Å². The Bertz CT molecular complexity index is 257. The van der Waals surface area contributed by atoms with Gasteiger partial charge in [0.1, 0.15) is 6.61 Å². The first-order chi connectivity index (χ1) is 7.36. The Labute approximate surface area is 89.6 Å². The van der Waals surface area contributed by atoms with Crippen LogP contribution in [0, 0.1) is 0 Å². The van der Waals surface area contributed by atoms with E-state index in [1.165, 1.54) is 0 Å². The van der Waals surface area contributed by atoms with Crippen LogP contribution in [0.25, 0.3) is 0 Å². The molecule has 0 amide bonds. The molecule has 2 heterocycles. The molecule has 0 bridgehead atoms. The maximum atomic E-state index is 11.6. The lowest BCUT2D eigenvalue weighted by molar-refractivity contribution is -0.167. The fourth-order valence-electron chi connectivity index (χ4n) is 1.79. The van der Waals surface area contributed by atoms with Crippen LogP contribution in [0.2, 0.25) is 0 Å². The zero-order chi connectivity index (χ0) is 10.5. The molecular formula is C11H17NO3.